The average molecular weight is 195 g/mol. The molecule has 2 nitrogen and oxygen atoms in total. The number of benzene rings is 1. The maximum atomic E-state index is 11.5. The lowest BCUT2D eigenvalue weighted by molar-refractivity contribution is 0.0980. The molecular weight excluding hydrogens is 186 g/mol. The first kappa shape index (κ1) is 9.29. The summed E-state index contributed by atoms with van der Waals surface area (Å²) < 4.78 is 1.45. The van der Waals surface area contributed by atoms with Gasteiger partial charge in [0.25, 0.3) is 0 Å². The molecular formula is C13H9NO. The first-order valence-electron chi connectivity index (χ1n) is 4.60. The first-order chi connectivity index (χ1) is 7.36. The SMILES string of the molecule is O=C(C#Cc1ccccc1)n1cccc1. The van der Waals surface area contributed by atoms with Crippen LogP contribution in [-0.4, -0.2) is 10.5 Å². The van der Waals surface area contributed by atoms with Crippen molar-refractivity contribution in [3.05, 3.63) is 60.4 Å². The number of nitrogens with zero attached hydrogens (tertiary/aromatic N) is 1. The molecule has 0 aliphatic carbocycles. The molecule has 0 fully saturated rings. The molecule has 15 heavy (non-hydrogen) atoms. The third kappa shape index (κ3) is 2.35. The topological polar surface area (TPSA) is 22.0 Å². The van der Waals surface area contributed by atoms with Crippen molar-refractivity contribution in [3.8, 4) is 11.8 Å². The molecule has 0 bridgehead atoms. The molecule has 0 N–H and O–H groups in total. The lowest BCUT2D eigenvalue weighted by Gasteiger charge is -1.91. The van der Waals surface area contributed by atoms with Crippen molar-refractivity contribution in [1.29, 1.82) is 0 Å². The van der Waals surface area contributed by atoms with Crippen molar-refractivity contribution in [1.82, 2.24) is 4.57 Å². The van der Waals surface area contributed by atoms with E-state index in [1.54, 1.807) is 24.5 Å². The van der Waals surface area contributed by atoms with E-state index in [0.29, 0.717) is 0 Å². The van der Waals surface area contributed by atoms with Gasteiger partial charge in [-0.2, -0.15) is 0 Å². The van der Waals surface area contributed by atoms with Crippen LogP contribution in [0.15, 0.2) is 54.9 Å². The van der Waals surface area contributed by atoms with Gasteiger partial charge >= 0.3 is 5.91 Å². The summed E-state index contributed by atoms with van der Waals surface area (Å²) in [6.07, 6.45) is 3.37. The maximum Gasteiger partial charge on any atom is 0.306 e. The van der Waals surface area contributed by atoms with E-state index in [2.05, 4.69) is 11.8 Å². The molecule has 72 valence electrons. The standard InChI is InChI=1S/C13H9NO/c15-13(14-10-4-5-11-14)9-8-12-6-2-1-3-7-12/h1-7,10-11H. The summed E-state index contributed by atoms with van der Waals surface area (Å²) in [6, 6.07) is 13.0. The van der Waals surface area contributed by atoms with Gasteiger partial charge in [0.15, 0.2) is 0 Å². The Morgan fingerprint density at radius 3 is 2.33 bits per heavy atom. The molecule has 0 saturated carbocycles. The molecule has 0 amide bonds. The van der Waals surface area contributed by atoms with Gasteiger partial charge in [0, 0.05) is 23.9 Å². The Labute approximate surface area is 88.2 Å². The zero-order valence-corrected chi connectivity index (χ0v) is 8.05. The van der Waals surface area contributed by atoms with Crippen LogP contribution in [0.2, 0.25) is 0 Å². The van der Waals surface area contributed by atoms with E-state index in [1.807, 2.05) is 30.3 Å². The van der Waals surface area contributed by atoms with E-state index in [1.165, 1.54) is 4.57 Å². The molecule has 2 rings (SSSR count). The normalized spacial score (nSPS) is 9.07. The summed E-state index contributed by atoms with van der Waals surface area (Å²) in [5.41, 5.74) is 0.845. The van der Waals surface area contributed by atoms with Crippen molar-refractivity contribution in [2.24, 2.45) is 0 Å². The number of hydrogen-bond donors (Lipinski definition) is 0. The Kier molecular flexibility index (Phi) is 2.66. The van der Waals surface area contributed by atoms with E-state index < -0.39 is 0 Å². The van der Waals surface area contributed by atoms with Crippen LogP contribution in [0.3, 0.4) is 0 Å². The van der Waals surface area contributed by atoms with E-state index >= 15 is 0 Å². The predicted octanol–water partition coefficient (Wildman–Crippen LogP) is 2.18. The first-order valence-corrected chi connectivity index (χ1v) is 4.60. The minimum Gasteiger partial charge on any atom is -0.284 e. The quantitative estimate of drug-likeness (QED) is 0.590. The fraction of sp³-hybridized carbons (Fsp3) is 0. The van der Waals surface area contributed by atoms with Crippen LogP contribution in [0.5, 0.6) is 0 Å². The van der Waals surface area contributed by atoms with E-state index in [4.69, 9.17) is 0 Å². The van der Waals surface area contributed by atoms with Crippen LogP contribution in [-0.2, 0) is 0 Å². The molecule has 2 aromatic rings. The number of rotatable bonds is 0. The van der Waals surface area contributed by atoms with Crippen LogP contribution in [0.4, 0.5) is 0 Å². The molecule has 0 radical (unpaired) electrons. The summed E-state index contributed by atoms with van der Waals surface area (Å²) in [7, 11) is 0. The second-order valence-corrected chi connectivity index (χ2v) is 3.01. The Hall–Kier alpha value is -2.27. The summed E-state index contributed by atoms with van der Waals surface area (Å²) in [4.78, 5) is 11.5. The van der Waals surface area contributed by atoms with Crippen molar-refractivity contribution in [3.63, 3.8) is 0 Å². The third-order valence-corrected chi connectivity index (χ3v) is 1.93. The Balaban J connectivity index is 2.17. The van der Waals surface area contributed by atoms with Crippen LogP contribution < -0.4 is 0 Å². The second kappa shape index (κ2) is 4.30. The third-order valence-electron chi connectivity index (χ3n) is 1.93. The highest BCUT2D eigenvalue weighted by Gasteiger charge is 1.95. The number of aromatic nitrogens is 1. The molecule has 0 spiro atoms. The molecule has 2 heteroatoms. The summed E-state index contributed by atoms with van der Waals surface area (Å²) >= 11 is 0. The van der Waals surface area contributed by atoms with Gasteiger partial charge in [-0.3, -0.25) is 9.36 Å². The fourth-order valence-corrected chi connectivity index (χ4v) is 1.18. The fourth-order valence-electron chi connectivity index (χ4n) is 1.18. The summed E-state index contributed by atoms with van der Waals surface area (Å²) in [6.45, 7) is 0. The zero-order chi connectivity index (χ0) is 10.5. The zero-order valence-electron chi connectivity index (χ0n) is 8.05. The molecule has 0 atom stereocenters. The highest BCUT2D eigenvalue weighted by molar-refractivity contribution is 5.96. The Morgan fingerprint density at radius 2 is 1.67 bits per heavy atom. The van der Waals surface area contributed by atoms with Crippen LogP contribution in [0.25, 0.3) is 0 Å². The van der Waals surface area contributed by atoms with Crippen molar-refractivity contribution in [2.75, 3.05) is 0 Å². The lowest BCUT2D eigenvalue weighted by atomic mass is 10.2. The summed E-state index contributed by atoms with van der Waals surface area (Å²) in [5.74, 6) is 5.17. The molecule has 0 saturated heterocycles. The molecule has 1 heterocycles. The molecule has 1 aromatic carbocycles. The van der Waals surface area contributed by atoms with Gasteiger partial charge in [-0.15, -0.1) is 0 Å². The minimum atomic E-state index is -0.219. The van der Waals surface area contributed by atoms with Crippen molar-refractivity contribution < 1.29 is 4.79 Å². The van der Waals surface area contributed by atoms with Crippen LogP contribution in [0, 0.1) is 11.8 Å². The average Bonchev–Trinajstić information content (AvgIpc) is 2.81. The van der Waals surface area contributed by atoms with Crippen LogP contribution >= 0.6 is 0 Å². The molecule has 0 unspecified atom stereocenters. The van der Waals surface area contributed by atoms with E-state index in [-0.39, 0.29) is 5.91 Å². The number of carbonyl (C=O) groups excluding carboxylic acids is 1. The van der Waals surface area contributed by atoms with E-state index in [0.717, 1.165) is 5.56 Å². The molecule has 0 aliphatic heterocycles. The van der Waals surface area contributed by atoms with Gasteiger partial charge < -0.3 is 0 Å². The Morgan fingerprint density at radius 1 is 1.00 bits per heavy atom. The predicted molar refractivity (Wildman–Crippen MR) is 58.4 cm³/mol. The van der Waals surface area contributed by atoms with Gasteiger partial charge in [-0.1, -0.05) is 24.1 Å². The number of hydrogen-bond acceptors (Lipinski definition) is 1. The monoisotopic (exact) mass is 195 g/mol. The van der Waals surface area contributed by atoms with Crippen molar-refractivity contribution in [2.45, 2.75) is 0 Å². The van der Waals surface area contributed by atoms with Crippen LogP contribution in [0.1, 0.15) is 10.4 Å². The number of carbonyl (C=O) groups is 1. The van der Waals surface area contributed by atoms with Gasteiger partial charge in [0.2, 0.25) is 0 Å². The second-order valence-electron chi connectivity index (χ2n) is 3.01. The molecule has 1 aromatic heterocycles. The lowest BCUT2D eigenvalue weighted by Crippen LogP contribution is -2.03. The van der Waals surface area contributed by atoms with E-state index in [9.17, 15) is 4.79 Å². The Bertz CT molecular complexity index is 500. The van der Waals surface area contributed by atoms with Gasteiger partial charge in [-0.05, 0) is 24.3 Å². The van der Waals surface area contributed by atoms with Gasteiger partial charge in [0.05, 0.1) is 0 Å². The smallest absolute Gasteiger partial charge is 0.284 e. The highest BCUT2D eigenvalue weighted by Crippen LogP contribution is 1.95. The highest BCUT2D eigenvalue weighted by atomic mass is 16.1. The summed E-state index contributed by atoms with van der Waals surface area (Å²) in [5, 5.41) is 0. The molecule has 0 aliphatic rings. The maximum absolute atomic E-state index is 11.5. The van der Waals surface area contributed by atoms with Gasteiger partial charge in [-0.25, -0.2) is 0 Å². The minimum absolute atomic E-state index is 0.219. The van der Waals surface area contributed by atoms with Gasteiger partial charge in [0.1, 0.15) is 0 Å². The van der Waals surface area contributed by atoms with Crippen molar-refractivity contribution >= 4 is 5.91 Å². The largest absolute Gasteiger partial charge is 0.306 e.